The summed E-state index contributed by atoms with van der Waals surface area (Å²) >= 11 is 1.46. The maximum Gasteiger partial charge on any atom is 0.252 e. The molecule has 10 heteroatoms. The number of hydrogen-bond acceptors (Lipinski definition) is 6. The molecule has 0 aliphatic rings. The first kappa shape index (κ1) is 31.3. The Balaban J connectivity index is 0.00000170. The molecule has 3 aromatic rings. The highest BCUT2D eigenvalue weighted by Crippen LogP contribution is 2.27. The maximum atomic E-state index is 13.4. The number of halogens is 1. The molecule has 0 spiro atoms. The van der Waals surface area contributed by atoms with Crippen LogP contribution in [0.2, 0.25) is 0 Å². The van der Waals surface area contributed by atoms with E-state index in [1.165, 1.54) is 30.3 Å². The molecule has 208 valence electrons. The number of pyridine rings is 1. The predicted molar refractivity (Wildman–Crippen MR) is 158 cm³/mol. The third-order valence-corrected chi connectivity index (χ3v) is 6.11. The van der Waals surface area contributed by atoms with Crippen molar-refractivity contribution < 1.29 is 14.0 Å². The summed E-state index contributed by atoms with van der Waals surface area (Å²) in [4.78, 5) is 29.1. The van der Waals surface area contributed by atoms with Gasteiger partial charge < -0.3 is 16.4 Å². The topological polar surface area (TPSA) is 115 Å². The van der Waals surface area contributed by atoms with Crippen LogP contribution in [0, 0.1) is 5.82 Å². The highest BCUT2D eigenvalue weighted by molar-refractivity contribution is 7.98. The van der Waals surface area contributed by atoms with Gasteiger partial charge in [0.2, 0.25) is 5.91 Å². The van der Waals surface area contributed by atoms with Gasteiger partial charge in [0, 0.05) is 11.1 Å². The summed E-state index contributed by atoms with van der Waals surface area (Å²) in [5, 5.41) is 11.2. The molecule has 3 rings (SSSR count). The standard InChI is InChI=1S/C26H29FN6O2S.C3H8/c1-5-19(20-14-30-33(22(20)7-3)18-10-8-17(27)9-11-18)26(35)31-21(6-2)16-12-24(29-15-23(28)34)32-25(13-16)36-4;1-3-2/h5,7-14,21H,3,6,15H2,1-2,4H3,(H2,28,34)(H,29,32)(H,31,35);3H2,1-2H3/b19-5+;. The third-order valence-electron chi connectivity index (χ3n) is 5.49. The van der Waals surface area contributed by atoms with Gasteiger partial charge >= 0.3 is 0 Å². The van der Waals surface area contributed by atoms with Crippen molar-refractivity contribution in [2.24, 2.45) is 5.73 Å². The van der Waals surface area contributed by atoms with Crippen molar-refractivity contribution >= 4 is 41.0 Å². The molecule has 2 aromatic heterocycles. The summed E-state index contributed by atoms with van der Waals surface area (Å²) in [5.74, 6) is -0.617. The monoisotopic (exact) mass is 552 g/mol. The van der Waals surface area contributed by atoms with Gasteiger partial charge in [-0.3, -0.25) is 9.59 Å². The minimum Gasteiger partial charge on any atom is -0.368 e. The highest BCUT2D eigenvalue weighted by atomic mass is 32.2. The Hall–Kier alpha value is -3.92. The zero-order valence-corrected chi connectivity index (χ0v) is 23.9. The van der Waals surface area contributed by atoms with E-state index in [-0.39, 0.29) is 24.3 Å². The number of amides is 2. The highest BCUT2D eigenvalue weighted by Gasteiger charge is 2.22. The van der Waals surface area contributed by atoms with E-state index in [0.717, 1.165) is 10.6 Å². The minimum atomic E-state index is -0.495. The van der Waals surface area contributed by atoms with Crippen molar-refractivity contribution in [3.8, 4) is 5.69 Å². The quantitative estimate of drug-likeness (QED) is 0.206. The Kier molecular flexibility index (Phi) is 12.4. The molecule has 4 N–H and O–H groups in total. The molecule has 0 aliphatic carbocycles. The number of nitrogens with two attached hydrogens (primary N) is 1. The van der Waals surface area contributed by atoms with Gasteiger partial charge in [-0.05, 0) is 67.6 Å². The van der Waals surface area contributed by atoms with Crippen LogP contribution in [0.15, 0.2) is 60.3 Å². The summed E-state index contributed by atoms with van der Waals surface area (Å²) in [6, 6.07) is 9.32. The van der Waals surface area contributed by atoms with Crippen LogP contribution in [0.5, 0.6) is 0 Å². The Bertz CT molecular complexity index is 1300. The molecule has 0 radical (unpaired) electrons. The Morgan fingerprint density at radius 2 is 1.87 bits per heavy atom. The molecule has 2 heterocycles. The van der Waals surface area contributed by atoms with Crippen molar-refractivity contribution in [1.29, 1.82) is 0 Å². The number of hydrogen-bond donors (Lipinski definition) is 3. The molecule has 2 amide bonds. The molecule has 1 aromatic carbocycles. The largest absolute Gasteiger partial charge is 0.368 e. The van der Waals surface area contributed by atoms with Gasteiger partial charge in [0.1, 0.15) is 11.6 Å². The average Bonchev–Trinajstić information content (AvgIpc) is 3.35. The van der Waals surface area contributed by atoms with E-state index >= 15 is 0 Å². The fraction of sp³-hybridized carbons (Fsp3) is 0.310. The van der Waals surface area contributed by atoms with Crippen LogP contribution >= 0.6 is 11.8 Å². The molecule has 0 aliphatic heterocycles. The number of carbonyl (C=O) groups is 2. The smallest absolute Gasteiger partial charge is 0.252 e. The number of anilines is 1. The summed E-state index contributed by atoms with van der Waals surface area (Å²) < 4.78 is 15.0. The van der Waals surface area contributed by atoms with Crippen molar-refractivity contribution in [2.75, 3.05) is 18.1 Å². The zero-order chi connectivity index (χ0) is 28.9. The van der Waals surface area contributed by atoms with Crippen LogP contribution in [0.1, 0.15) is 63.4 Å². The lowest BCUT2D eigenvalue weighted by Crippen LogP contribution is -2.29. The third kappa shape index (κ3) is 8.54. The average molecular weight is 553 g/mol. The summed E-state index contributed by atoms with van der Waals surface area (Å²) in [6.45, 7) is 11.8. The molecule has 1 unspecified atom stereocenters. The fourth-order valence-corrected chi connectivity index (χ4v) is 4.16. The first-order valence-electron chi connectivity index (χ1n) is 12.7. The van der Waals surface area contributed by atoms with E-state index < -0.39 is 5.91 Å². The molecule has 0 saturated carbocycles. The van der Waals surface area contributed by atoms with Crippen LogP contribution < -0.4 is 16.4 Å². The Labute approximate surface area is 234 Å². The van der Waals surface area contributed by atoms with E-state index in [1.54, 1.807) is 48.2 Å². The lowest BCUT2D eigenvalue weighted by molar-refractivity contribution is -0.117. The first-order valence-corrected chi connectivity index (χ1v) is 14.0. The molecule has 8 nitrogen and oxygen atoms in total. The van der Waals surface area contributed by atoms with Crippen molar-refractivity contribution in [2.45, 2.75) is 51.6 Å². The van der Waals surface area contributed by atoms with Crippen molar-refractivity contribution in [1.82, 2.24) is 20.1 Å². The molecular formula is C29H37FN6O2S. The summed E-state index contributed by atoms with van der Waals surface area (Å²) in [5.41, 5.74) is 8.39. The van der Waals surface area contributed by atoms with Gasteiger partial charge in [-0.2, -0.15) is 5.10 Å². The van der Waals surface area contributed by atoms with E-state index in [0.29, 0.717) is 34.8 Å². The van der Waals surface area contributed by atoms with Crippen LogP contribution in [-0.2, 0) is 9.59 Å². The van der Waals surface area contributed by atoms with E-state index in [9.17, 15) is 14.0 Å². The number of aromatic nitrogens is 3. The van der Waals surface area contributed by atoms with Gasteiger partial charge in [-0.1, -0.05) is 39.8 Å². The molecule has 0 bridgehead atoms. The van der Waals surface area contributed by atoms with Crippen molar-refractivity contribution in [3.05, 3.63) is 77.9 Å². The zero-order valence-electron chi connectivity index (χ0n) is 23.1. The van der Waals surface area contributed by atoms with Crippen LogP contribution in [0.3, 0.4) is 0 Å². The van der Waals surface area contributed by atoms with Gasteiger partial charge in [0.25, 0.3) is 5.91 Å². The van der Waals surface area contributed by atoms with Gasteiger partial charge in [-0.25, -0.2) is 14.1 Å². The second-order valence-electron chi connectivity index (χ2n) is 8.53. The number of rotatable bonds is 11. The van der Waals surface area contributed by atoms with Crippen LogP contribution in [0.4, 0.5) is 10.2 Å². The Morgan fingerprint density at radius 1 is 1.21 bits per heavy atom. The van der Waals surface area contributed by atoms with E-state index in [1.807, 2.05) is 19.2 Å². The number of benzene rings is 1. The number of thioether (sulfide) groups is 1. The second-order valence-corrected chi connectivity index (χ2v) is 9.35. The van der Waals surface area contributed by atoms with Gasteiger partial charge in [0.15, 0.2) is 0 Å². The first-order chi connectivity index (χ1) is 18.7. The predicted octanol–water partition coefficient (Wildman–Crippen LogP) is 5.76. The van der Waals surface area contributed by atoms with Crippen LogP contribution in [-0.4, -0.2) is 39.4 Å². The lowest BCUT2D eigenvalue weighted by atomic mass is 10.0. The van der Waals surface area contributed by atoms with Crippen LogP contribution in [0.25, 0.3) is 17.3 Å². The molecule has 0 saturated heterocycles. The van der Waals surface area contributed by atoms with E-state index in [4.69, 9.17) is 5.73 Å². The normalized spacial score (nSPS) is 11.7. The molecule has 39 heavy (non-hydrogen) atoms. The van der Waals surface area contributed by atoms with E-state index in [2.05, 4.69) is 41.1 Å². The number of allylic oxidation sites excluding steroid dienone is 1. The fourth-order valence-electron chi connectivity index (χ4n) is 3.72. The number of nitrogens with one attached hydrogen (secondary N) is 2. The number of carbonyl (C=O) groups excluding carboxylic acids is 2. The minimum absolute atomic E-state index is 0.0431. The Morgan fingerprint density at radius 3 is 2.41 bits per heavy atom. The number of nitrogens with zero attached hydrogens (tertiary/aromatic N) is 3. The lowest BCUT2D eigenvalue weighted by Gasteiger charge is -2.20. The number of primary amides is 1. The summed E-state index contributed by atoms with van der Waals surface area (Å²) in [6.07, 6.45) is 8.71. The van der Waals surface area contributed by atoms with Crippen molar-refractivity contribution in [3.63, 3.8) is 0 Å². The molecule has 1 atom stereocenters. The van der Waals surface area contributed by atoms with Gasteiger partial charge in [0.05, 0.1) is 35.2 Å². The van der Waals surface area contributed by atoms with Gasteiger partial charge in [-0.15, -0.1) is 11.8 Å². The summed E-state index contributed by atoms with van der Waals surface area (Å²) in [7, 11) is 0. The maximum absolute atomic E-state index is 13.4. The molecule has 0 fully saturated rings. The SMILES string of the molecule is C=Cc1c(/C(=C\C)C(=O)NC(CC)c2cc(NCC(N)=O)nc(SC)c2)cnn1-c1ccc(F)cc1.CCC. The molecular weight excluding hydrogens is 515 g/mol. The second kappa shape index (κ2) is 15.5.